The summed E-state index contributed by atoms with van der Waals surface area (Å²) in [4.78, 5) is 0. The minimum Gasteiger partial charge on any atom is -0.494 e. The normalized spacial score (nSPS) is 15.6. The highest BCUT2D eigenvalue weighted by Gasteiger charge is 2.24. The van der Waals surface area contributed by atoms with Crippen LogP contribution in [-0.2, 0) is 0 Å². The molecule has 0 saturated heterocycles. The van der Waals surface area contributed by atoms with Crippen LogP contribution in [0.25, 0.3) is 5.76 Å². The van der Waals surface area contributed by atoms with Crippen LogP contribution in [0, 0.1) is 6.92 Å². The molecule has 0 saturated carbocycles. The average Bonchev–Trinajstić information content (AvgIpc) is 2.68. The van der Waals surface area contributed by atoms with Gasteiger partial charge >= 0.3 is 0 Å². The fraction of sp³-hybridized carbons (Fsp3) is 0.167. The summed E-state index contributed by atoms with van der Waals surface area (Å²) in [5.41, 5.74) is 4.86. The number of ether oxygens (including phenoxy) is 2. The number of hydrogen-bond donors (Lipinski definition) is 0. The molecule has 2 heteroatoms. The quantitative estimate of drug-likeness (QED) is 0.582. The second-order valence-corrected chi connectivity index (χ2v) is 6.46. The zero-order valence-corrected chi connectivity index (χ0v) is 15.1. The maximum absolute atomic E-state index is 6.23. The summed E-state index contributed by atoms with van der Waals surface area (Å²) in [6.45, 7) is 4.82. The molecule has 0 amide bonds. The molecule has 26 heavy (non-hydrogen) atoms. The average molecular weight is 342 g/mol. The highest BCUT2D eigenvalue weighted by molar-refractivity contribution is 5.69. The molecule has 2 nitrogen and oxygen atoms in total. The van der Waals surface area contributed by atoms with Gasteiger partial charge < -0.3 is 9.47 Å². The molecule has 0 N–H and O–H groups in total. The van der Waals surface area contributed by atoms with Crippen LogP contribution < -0.4 is 9.47 Å². The fourth-order valence-corrected chi connectivity index (χ4v) is 3.45. The number of allylic oxidation sites excluding steroid dienone is 1. The van der Waals surface area contributed by atoms with Gasteiger partial charge in [-0.05, 0) is 61.4 Å². The van der Waals surface area contributed by atoms with Gasteiger partial charge in [-0.25, -0.2) is 0 Å². The van der Waals surface area contributed by atoms with Crippen molar-refractivity contribution >= 4 is 5.76 Å². The second kappa shape index (κ2) is 7.09. The molecule has 3 aromatic rings. The summed E-state index contributed by atoms with van der Waals surface area (Å²) in [6, 6.07) is 24.9. The van der Waals surface area contributed by atoms with E-state index in [1.807, 2.05) is 31.2 Å². The van der Waals surface area contributed by atoms with Crippen LogP contribution in [0.5, 0.6) is 11.5 Å². The molecule has 3 aromatic carbocycles. The first-order valence-electron chi connectivity index (χ1n) is 9.03. The summed E-state index contributed by atoms with van der Waals surface area (Å²) in [6.07, 6.45) is 2.22. The van der Waals surface area contributed by atoms with Crippen LogP contribution in [0.1, 0.15) is 35.1 Å². The minimum absolute atomic E-state index is 0.183. The molecule has 0 aromatic heterocycles. The lowest BCUT2D eigenvalue weighted by Crippen LogP contribution is -2.11. The van der Waals surface area contributed by atoms with Crippen molar-refractivity contribution in [2.45, 2.75) is 19.8 Å². The largest absolute Gasteiger partial charge is 0.494 e. The summed E-state index contributed by atoms with van der Waals surface area (Å²) in [7, 11) is 0. The van der Waals surface area contributed by atoms with Gasteiger partial charge in [0.1, 0.15) is 17.3 Å². The van der Waals surface area contributed by atoms with Crippen molar-refractivity contribution < 1.29 is 9.47 Å². The third-order valence-corrected chi connectivity index (χ3v) is 4.77. The van der Waals surface area contributed by atoms with Crippen LogP contribution in [0.2, 0.25) is 0 Å². The molecular weight excluding hydrogens is 320 g/mol. The zero-order chi connectivity index (χ0) is 17.9. The van der Waals surface area contributed by atoms with Crippen LogP contribution in [0.4, 0.5) is 0 Å². The highest BCUT2D eigenvalue weighted by atomic mass is 16.5. The first-order chi connectivity index (χ1) is 12.8. The molecule has 0 unspecified atom stereocenters. The molecule has 1 aliphatic rings. The lowest BCUT2D eigenvalue weighted by molar-refractivity contribution is 0.340. The van der Waals surface area contributed by atoms with Gasteiger partial charge in [0.25, 0.3) is 0 Å². The third kappa shape index (κ3) is 3.11. The Balaban J connectivity index is 1.78. The standard InChI is InChI=1S/C24H22O2/c1-3-25-19-14-12-18(13-15-19)24-16-22(20-9-5-4-8-17(20)2)21-10-6-7-11-23(21)26-24/h4-16,22H,3H2,1-2H3/t22-/m0/s1. The van der Waals surface area contributed by atoms with E-state index in [-0.39, 0.29) is 5.92 Å². The van der Waals surface area contributed by atoms with Gasteiger partial charge in [0.2, 0.25) is 0 Å². The van der Waals surface area contributed by atoms with Gasteiger partial charge in [-0.15, -0.1) is 0 Å². The van der Waals surface area contributed by atoms with Crippen molar-refractivity contribution in [2.75, 3.05) is 6.61 Å². The highest BCUT2D eigenvalue weighted by Crippen LogP contribution is 2.41. The van der Waals surface area contributed by atoms with Crippen LogP contribution in [0.3, 0.4) is 0 Å². The maximum atomic E-state index is 6.23. The van der Waals surface area contributed by atoms with E-state index in [0.29, 0.717) is 6.61 Å². The van der Waals surface area contributed by atoms with Crippen molar-refractivity contribution in [2.24, 2.45) is 0 Å². The van der Waals surface area contributed by atoms with Crippen molar-refractivity contribution in [3.05, 3.63) is 101 Å². The number of para-hydroxylation sites is 1. The van der Waals surface area contributed by atoms with E-state index in [1.165, 1.54) is 16.7 Å². The Labute approximate surface area is 154 Å². The van der Waals surface area contributed by atoms with Crippen LogP contribution in [-0.4, -0.2) is 6.61 Å². The molecule has 0 aliphatic carbocycles. The molecule has 4 rings (SSSR count). The van der Waals surface area contributed by atoms with Gasteiger partial charge in [0, 0.05) is 17.0 Å². The molecule has 1 atom stereocenters. The maximum Gasteiger partial charge on any atom is 0.131 e. The first-order valence-corrected chi connectivity index (χ1v) is 9.03. The van der Waals surface area contributed by atoms with Crippen molar-refractivity contribution in [3.63, 3.8) is 0 Å². The Morgan fingerprint density at radius 3 is 2.27 bits per heavy atom. The molecule has 0 radical (unpaired) electrons. The Kier molecular flexibility index (Phi) is 4.49. The molecule has 130 valence electrons. The summed E-state index contributed by atoms with van der Waals surface area (Å²) in [5.74, 6) is 2.87. The van der Waals surface area contributed by atoms with Gasteiger partial charge in [-0.3, -0.25) is 0 Å². The van der Waals surface area contributed by atoms with E-state index in [4.69, 9.17) is 9.47 Å². The summed E-state index contributed by atoms with van der Waals surface area (Å²) in [5, 5.41) is 0. The Bertz CT molecular complexity index is 938. The van der Waals surface area contributed by atoms with E-state index in [1.54, 1.807) is 0 Å². The Morgan fingerprint density at radius 1 is 0.846 bits per heavy atom. The topological polar surface area (TPSA) is 18.5 Å². The number of benzene rings is 3. The second-order valence-electron chi connectivity index (χ2n) is 6.46. The SMILES string of the molecule is CCOc1ccc(C2=C[C@@H](c3ccccc3C)c3ccccc3O2)cc1. The van der Waals surface area contributed by atoms with Crippen LogP contribution >= 0.6 is 0 Å². The van der Waals surface area contributed by atoms with E-state index >= 15 is 0 Å². The van der Waals surface area contributed by atoms with E-state index in [2.05, 4.69) is 61.5 Å². The first kappa shape index (κ1) is 16.5. The lowest BCUT2D eigenvalue weighted by Gasteiger charge is -2.26. The molecule has 1 heterocycles. The molecule has 1 aliphatic heterocycles. The fourth-order valence-electron chi connectivity index (χ4n) is 3.45. The third-order valence-electron chi connectivity index (χ3n) is 4.77. The number of fused-ring (bicyclic) bond motifs is 1. The van der Waals surface area contributed by atoms with E-state index < -0.39 is 0 Å². The number of aryl methyl sites for hydroxylation is 1. The lowest BCUT2D eigenvalue weighted by atomic mass is 9.85. The summed E-state index contributed by atoms with van der Waals surface area (Å²) >= 11 is 0. The zero-order valence-electron chi connectivity index (χ0n) is 15.1. The van der Waals surface area contributed by atoms with Crippen molar-refractivity contribution in [3.8, 4) is 11.5 Å². The van der Waals surface area contributed by atoms with Gasteiger partial charge in [-0.1, -0.05) is 42.5 Å². The predicted molar refractivity (Wildman–Crippen MR) is 106 cm³/mol. The molecule has 0 fully saturated rings. The Hall–Kier alpha value is -3.00. The molecular formula is C24H22O2. The van der Waals surface area contributed by atoms with E-state index in [9.17, 15) is 0 Å². The molecule has 0 bridgehead atoms. The number of rotatable bonds is 4. The van der Waals surface area contributed by atoms with Gasteiger partial charge in [-0.2, -0.15) is 0 Å². The predicted octanol–water partition coefficient (Wildman–Crippen LogP) is 5.96. The number of hydrogen-bond acceptors (Lipinski definition) is 2. The van der Waals surface area contributed by atoms with Crippen molar-refractivity contribution in [1.29, 1.82) is 0 Å². The minimum atomic E-state index is 0.183. The Morgan fingerprint density at radius 2 is 1.54 bits per heavy atom. The smallest absolute Gasteiger partial charge is 0.131 e. The summed E-state index contributed by atoms with van der Waals surface area (Å²) < 4.78 is 11.8. The molecule has 0 spiro atoms. The van der Waals surface area contributed by atoms with Crippen LogP contribution in [0.15, 0.2) is 78.9 Å². The monoisotopic (exact) mass is 342 g/mol. The van der Waals surface area contributed by atoms with Gasteiger partial charge in [0.15, 0.2) is 0 Å². The van der Waals surface area contributed by atoms with Crippen molar-refractivity contribution in [1.82, 2.24) is 0 Å². The van der Waals surface area contributed by atoms with E-state index in [0.717, 1.165) is 22.8 Å². The van der Waals surface area contributed by atoms with Gasteiger partial charge in [0.05, 0.1) is 6.61 Å².